The molecule has 0 unspecified atom stereocenters. The Hall–Kier alpha value is -7.88. The predicted octanol–water partition coefficient (Wildman–Crippen LogP) is 16.4. The van der Waals surface area contributed by atoms with E-state index in [1.54, 1.807) is 0 Å². The van der Waals surface area contributed by atoms with Gasteiger partial charge in [0.15, 0.2) is 0 Å². The lowest BCUT2D eigenvalue weighted by molar-refractivity contribution is 0.660. The summed E-state index contributed by atoms with van der Waals surface area (Å²) in [5.74, 6) is 0. The Kier molecular flexibility index (Phi) is 7.36. The van der Waals surface area contributed by atoms with E-state index < -0.39 is 0 Å². The van der Waals surface area contributed by atoms with Crippen LogP contribution in [0.2, 0.25) is 0 Å². The molecule has 62 heavy (non-hydrogen) atoms. The van der Waals surface area contributed by atoms with Gasteiger partial charge in [0.25, 0.3) is 0 Å². The van der Waals surface area contributed by atoms with Crippen molar-refractivity contribution in [3.63, 3.8) is 0 Å². The van der Waals surface area contributed by atoms with Gasteiger partial charge >= 0.3 is 0 Å². The fourth-order valence-electron chi connectivity index (χ4n) is 10.8. The zero-order valence-electron chi connectivity index (χ0n) is 34.4. The Balaban J connectivity index is 1.06. The van der Waals surface area contributed by atoms with Crippen LogP contribution in [0.25, 0.3) is 93.2 Å². The number of anilines is 3. The minimum atomic E-state index is -0.124. The predicted molar refractivity (Wildman–Crippen MR) is 261 cm³/mol. The number of nitrogens with zero attached hydrogens (tertiary/aromatic N) is 2. The van der Waals surface area contributed by atoms with Crippen LogP contribution in [0.3, 0.4) is 0 Å². The van der Waals surface area contributed by atoms with Crippen LogP contribution in [0.1, 0.15) is 25.0 Å². The van der Waals surface area contributed by atoms with Gasteiger partial charge in [-0.1, -0.05) is 153 Å². The van der Waals surface area contributed by atoms with Crippen molar-refractivity contribution in [2.45, 2.75) is 19.3 Å². The molecule has 10 aromatic carbocycles. The molecule has 0 spiro atoms. The summed E-state index contributed by atoms with van der Waals surface area (Å²) in [4.78, 5) is 2.45. The number of hydrogen-bond acceptors (Lipinski definition) is 2. The topological polar surface area (TPSA) is 21.3 Å². The van der Waals surface area contributed by atoms with E-state index >= 15 is 0 Å². The molecule has 0 N–H and O–H groups in total. The molecule has 0 atom stereocenters. The van der Waals surface area contributed by atoms with Crippen LogP contribution in [-0.2, 0) is 5.41 Å². The molecule has 12 aromatic rings. The third-order valence-corrected chi connectivity index (χ3v) is 13.5. The van der Waals surface area contributed by atoms with Gasteiger partial charge in [-0.3, -0.25) is 0 Å². The average molecular weight is 793 g/mol. The highest BCUT2D eigenvalue weighted by molar-refractivity contribution is 6.32. The van der Waals surface area contributed by atoms with E-state index in [2.05, 4.69) is 230 Å². The van der Waals surface area contributed by atoms with E-state index in [4.69, 9.17) is 4.42 Å². The van der Waals surface area contributed by atoms with Gasteiger partial charge in [-0.15, -0.1) is 0 Å². The second-order valence-corrected chi connectivity index (χ2v) is 17.2. The number of hydrogen-bond donors (Lipinski definition) is 0. The summed E-state index contributed by atoms with van der Waals surface area (Å²) in [5.41, 5.74) is 16.1. The number of furan rings is 1. The minimum Gasteiger partial charge on any atom is -0.456 e. The molecule has 0 saturated heterocycles. The minimum absolute atomic E-state index is 0.124. The molecule has 3 nitrogen and oxygen atoms in total. The van der Waals surface area contributed by atoms with E-state index in [1.165, 1.54) is 65.6 Å². The molecule has 0 amide bonds. The van der Waals surface area contributed by atoms with Crippen molar-refractivity contribution >= 4 is 82.4 Å². The molecule has 0 saturated carbocycles. The van der Waals surface area contributed by atoms with Gasteiger partial charge in [0.2, 0.25) is 0 Å². The summed E-state index contributed by atoms with van der Waals surface area (Å²) >= 11 is 0. The standard InChI is InChI=1S/C59H40N2O/c1-59(2)48-26-14-13-25-45(48)56-49(59)27-15-28-51(56)60(39-17-5-3-6-18-39)52-29-16-30-54-57(52)47-36-38(32-34-53(47)62-54)37-31-33-50-46(35-37)55-43-23-11-9-21-41(43)42-22-10-12-24-44(42)58(55)61(50)40-19-7-4-8-20-40/h3-36H,1-2H3. The van der Waals surface area contributed by atoms with Crippen molar-refractivity contribution in [1.29, 1.82) is 0 Å². The molecule has 0 fully saturated rings. The number of para-hydroxylation sites is 2. The second kappa shape index (κ2) is 13.1. The van der Waals surface area contributed by atoms with Crippen molar-refractivity contribution in [3.05, 3.63) is 217 Å². The molecule has 0 bridgehead atoms. The molecule has 13 rings (SSSR count). The number of aromatic nitrogens is 1. The molecule has 2 heterocycles. The van der Waals surface area contributed by atoms with Crippen molar-refractivity contribution in [1.82, 2.24) is 4.57 Å². The fourth-order valence-corrected chi connectivity index (χ4v) is 10.8. The summed E-state index contributed by atoms with van der Waals surface area (Å²) in [7, 11) is 0. The summed E-state index contributed by atoms with van der Waals surface area (Å²) < 4.78 is 9.19. The van der Waals surface area contributed by atoms with Gasteiger partial charge in [0.05, 0.1) is 27.8 Å². The maximum absolute atomic E-state index is 6.73. The van der Waals surface area contributed by atoms with E-state index in [1.807, 2.05) is 0 Å². The lowest BCUT2D eigenvalue weighted by Gasteiger charge is -2.29. The Labute approximate surface area is 359 Å². The first kappa shape index (κ1) is 34.9. The maximum atomic E-state index is 6.73. The lowest BCUT2D eigenvalue weighted by atomic mass is 9.82. The average Bonchev–Trinajstić information content (AvgIpc) is 3.96. The third-order valence-electron chi connectivity index (χ3n) is 13.5. The largest absolute Gasteiger partial charge is 0.456 e. The number of rotatable bonds is 5. The summed E-state index contributed by atoms with van der Waals surface area (Å²) in [6.07, 6.45) is 0. The van der Waals surface area contributed by atoms with Crippen LogP contribution in [0, 0.1) is 0 Å². The van der Waals surface area contributed by atoms with Gasteiger partial charge in [0.1, 0.15) is 11.2 Å². The monoisotopic (exact) mass is 792 g/mol. The third kappa shape index (κ3) is 4.88. The van der Waals surface area contributed by atoms with Crippen molar-refractivity contribution in [2.75, 3.05) is 4.90 Å². The van der Waals surface area contributed by atoms with Gasteiger partial charge in [-0.05, 0) is 111 Å². The second-order valence-electron chi connectivity index (χ2n) is 17.2. The molecule has 0 aliphatic heterocycles. The SMILES string of the molecule is CC1(C)c2ccccc2-c2c(N(c3ccccc3)c3cccc4oc5ccc(-c6ccc7c(c6)c6c8ccccc8c8ccccc8c6n7-c6ccccc6)cc5c34)cccc21. The number of fused-ring (bicyclic) bond motifs is 14. The smallest absolute Gasteiger partial charge is 0.137 e. The quantitative estimate of drug-likeness (QED) is 0.162. The molecule has 1 aliphatic carbocycles. The Morgan fingerprint density at radius 3 is 1.85 bits per heavy atom. The Bertz CT molecular complexity index is 3780. The molecule has 292 valence electrons. The Morgan fingerprint density at radius 1 is 0.435 bits per heavy atom. The van der Waals surface area contributed by atoms with Gasteiger partial charge in [0, 0.05) is 43.9 Å². The van der Waals surface area contributed by atoms with Crippen molar-refractivity contribution < 1.29 is 4.42 Å². The molecule has 3 heteroatoms. The zero-order valence-corrected chi connectivity index (χ0v) is 34.4. The highest BCUT2D eigenvalue weighted by atomic mass is 16.3. The molecular formula is C59H40N2O. The van der Waals surface area contributed by atoms with Crippen LogP contribution in [0.4, 0.5) is 17.1 Å². The summed E-state index contributed by atoms with van der Waals surface area (Å²) in [5, 5.41) is 9.74. The first-order valence-corrected chi connectivity index (χ1v) is 21.5. The van der Waals surface area contributed by atoms with Crippen LogP contribution < -0.4 is 4.90 Å². The fraction of sp³-hybridized carbons (Fsp3) is 0.0508. The van der Waals surface area contributed by atoms with Crippen molar-refractivity contribution in [2.24, 2.45) is 0 Å². The highest BCUT2D eigenvalue weighted by Gasteiger charge is 2.38. The first-order valence-electron chi connectivity index (χ1n) is 21.5. The lowest BCUT2D eigenvalue weighted by Crippen LogP contribution is -2.16. The first-order chi connectivity index (χ1) is 30.5. The van der Waals surface area contributed by atoms with Crippen LogP contribution in [-0.4, -0.2) is 4.57 Å². The van der Waals surface area contributed by atoms with E-state index in [9.17, 15) is 0 Å². The van der Waals surface area contributed by atoms with Gasteiger partial charge < -0.3 is 13.9 Å². The van der Waals surface area contributed by atoms with E-state index in [0.717, 1.165) is 55.8 Å². The normalized spacial score (nSPS) is 13.1. The Morgan fingerprint density at radius 2 is 1.05 bits per heavy atom. The maximum Gasteiger partial charge on any atom is 0.137 e. The van der Waals surface area contributed by atoms with Gasteiger partial charge in [-0.25, -0.2) is 0 Å². The number of benzene rings is 10. The highest BCUT2D eigenvalue weighted by Crippen LogP contribution is 2.55. The molecule has 1 aliphatic rings. The van der Waals surface area contributed by atoms with Gasteiger partial charge in [-0.2, -0.15) is 0 Å². The molecule has 0 radical (unpaired) electrons. The summed E-state index contributed by atoms with van der Waals surface area (Å²) in [6, 6.07) is 75.2. The van der Waals surface area contributed by atoms with Crippen molar-refractivity contribution in [3.8, 4) is 27.9 Å². The molecular weight excluding hydrogens is 753 g/mol. The van der Waals surface area contributed by atoms with Crippen LogP contribution >= 0.6 is 0 Å². The zero-order chi connectivity index (χ0) is 41.1. The summed E-state index contributed by atoms with van der Waals surface area (Å²) in [6.45, 7) is 4.70. The molecule has 2 aromatic heterocycles. The van der Waals surface area contributed by atoms with Crippen LogP contribution in [0.5, 0.6) is 0 Å². The van der Waals surface area contributed by atoms with Crippen LogP contribution in [0.15, 0.2) is 211 Å². The van der Waals surface area contributed by atoms with E-state index in [0.29, 0.717) is 0 Å². The van der Waals surface area contributed by atoms with E-state index in [-0.39, 0.29) is 5.41 Å².